The summed E-state index contributed by atoms with van der Waals surface area (Å²) in [5.74, 6) is 0.00189. The molecule has 0 spiro atoms. The van der Waals surface area contributed by atoms with Crippen LogP contribution in [0.3, 0.4) is 0 Å². The second kappa shape index (κ2) is 5.67. The Morgan fingerprint density at radius 2 is 2.00 bits per heavy atom. The maximum atomic E-state index is 11.6. The van der Waals surface area contributed by atoms with Gasteiger partial charge < -0.3 is 9.26 Å². The van der Waals surface area contributed by atoms with Crippen molar-refractivity contribution in [2.24, 2.45) is 0 Å². The number of rotatable bonds is 3. The minimum Gasteiger partial charge on any atom is -0.461 e. The maximum Gasteiger partial charge on any atom is 0.361 e. The molecule has 0 bridgehead atoms. The van der Waals surface area contributed by atoms with Crippen LogP contribution in [0.15, 0.2) is 37.7 Å². The van der Waals surface area contributed by atoms with Crippen molar-refractivity contribution in [3.05, 3.63) is 38.9 Å². The smallest absolute Gasteiger partial charge is 0.361 e. The highest BCUT2D eigenvalue weighted by Gasteiger charge is 2.21. The van der Waals surface area contributed by atoms with Crippen molar-refractivity contribution < 1.29 is 14.1 Å². The van der Waals surface area contributed by atoms with Crippen LogP contribution in [0.25, 0.3) is 11.3 Å². The summed E-state index contributed by atoms with van der Waals surface area (Å²) in [4.78, 5) is 11.6. The van der Waals surface area contributed by atoms with Crippen molar-refractivity contribution in [1.82, 2.24) is 5.16 Å². The molecule has 1 aromatic carbocycles. The number of esters is 1. The van der Waals surface area contributed by atoms with Crippen molar-refractivity contribution in [2.75, 3.05) is 6.61 Å². The molecule has 94 valence electrons. The minimum absolute atomic E-state index is 0.148. The SMILES string of the molecule is CCOC(=O)c1noc(-c2ccc(Br)cc2)c1Br. The van der Waals surface area contributed by atoms with E-state index in [4.69, 9.17) is 9.26 Å². The molecule has 0 unspecified atom stereocenters. The van der Waals surface area contributed by atoms with Gasteiger partial charge in [0.1, 0.15) is 4.47 Å². The van der Waals surface area contributed by atoms with E-state index in [1.165, 1.54) is 0 Å². The first-order chi connectivity index (χ1) is 8.63. The normalized spacial score (nSPS) is 10.4. The highest BCUT2D eigenvalue weighted by atomic mass is 79.9. The Kier molecular flexibility index (Phi) is 4.19. The van der Waals surface area contributed by atoms with Gasteiger partial charge in [-0.2, -0.15) is 0 Å². The van der Waals surface area contributed by atoms with E-state index in [1.807, 2.05) is 24.3 Å². The Hall–Kier alpha value is -1.14. The van der Waals surface area contributed by atoms with Crippen LogP contribution in [-0.4, -0.2) is 17.7 Å². The second-order valence-electron chi connectivity index (χ2n) is 3.40. The fourth-order valence-electron chi connectivity index (χ4n) is 1.39. The molecule has 0 saturated heterocycles. The Bertz CT molecular complexity index is 563. The Morgan fingerprint density at radius 3 is 2.61 bits per heavy atom. The Labute approximate surface area is 121 Å². The van der Waals surface area contributed by atoms with Gasteiger partial charge in [0.2, 0.25) is 5.69 Å². The van der Waals surface area contributed by atoms with E-state index in [-0.39, 0.29) is 5.69 Å². The topological polar surface area (TPSA) is 52.3 Å². The highest BCUT2D eigenvalue weighted by molar-refractivity contribution is 9.11. The van der Waals surface area contributed by atoms with E-state index >= 15 is 0 Å². The molecular formula is C12H9Br2NO3. The molecule has 18 heavy (non-hydrogen) atoms. The van der Waals surface area contributed by atoms with Crippen LogP contribution >= 0.6 is 31.9 Å². The van der Waals surface area contributed by atoms with Crippen molar-refractivity contribution >= 4 is 37.8 Å². The molecule has 4 nitrogen and oxygen atoms in total. The number of carbonyl (C=O) groups is 1. The summed E-state index contributed by atoms with van der Waals surface area (Å²) in [5.41, 5.74) is 0.975. The van der Waals surface area contributed by atoms with E-state index < -0.39 is 5.97 Å². The second-order valence-corrected chi connectivity index (χ2v) is 5.11. The van der Waals surface area contributed by atoms with E-state index in [0.717, 1.165) is 10.0 Å². The van der Waals surface area contributed by atoms with Crippen LogP contribution in [0, 0.1) is 0 Å². The maximum absolute atomic E-state index is 11.6. The summed E-state index contributed by atoms with van der Waals surface area (Å²) >= 11 is 6.66. The predicted octanol–water partition coefficient (Wildman–Crippen LogP) is 4.04. The van der Waals surface area contributed by atoms with Gasteiger partial charge in [-0.1, -0.05) is 21.1 Å². The van der Waals surface area contributed by atoms with E-state index in [1.54, 1.807) is 6.92 Å². The molecule has 0 aliphatic carbocycles. The summed E-state index contributed by atoms with van der Waals surface area (Å²) in [6, 6.07) is 7.50. The number of halogens is 2. The number of hydrogen-bond donors (Lipinski definition) is 0. The number of ether oxygens (including phenoxy) is 1. The molecule has 0 radical (unpaired) electrons. The summed E-state index contributed by atoms with van der Waals surface area (Å²) in [5, 5.41) is 3.72. The molecule has 0 aliphatic heterocycles. The third-order valence-corrected chi connectivity index (χ3v) is 3.48. The van der Waals surface area contributed by atoms with E-state index in [9.17, 15) is 4.79 Å². The van der Waals surface area contributed by atoms with Crippen molar-refractivity contribution in [1.29, 1.82) is 0 Å². The van der Waals surface area contributed by atoms with Gasteiger partial charge in [0.15, 0.2) is 5.76 Å². The molecule has 0 atom stereocenters. The average Bonchev–Trinajstić information content (AvgIpc) is 2.73. The van der Waals surface area contributed by atoms with Gasteiger partial charge >= 0.3 is 5.97 Å². The molecule has 2 rings (SSSR count). The average molecular weight is 375 g/mol. The van der Waals surface area contributed by atoms with Gasteiger partial charge in [0.25, 0.3) is 0 Å². The van der Waals surface area contributed by atoms with Crippen LogP contribution in [0.2, 0.25) is 0 Å². The number of carbonyl (C=O) groups excluding carboxylic acids is 1. The largest absolute Gasteiger partial charge is 0.461 e. The summed E-state index contributed by atoms with van der Waals surface area (Å²) in [6.07, 6.45) is 0. The molecule has 0 aliphatic rings. The zero-order valence-electron chi connectivity index (χ0n) is 9.44. The van der Waals surface area contributed by atoms with Gasteiger partial charge in [-0.15, -0.1) is 0 Å². The van der Waals surface area contributed by atoms with Crippen LogP contribution in [0.5, 0.6) is 0 Å². The molecule has 0 N–H and O–H groups in total. The first-order valence-electron chi connectivity index (χ1n) is 5.21. The lowest BCUT2D eigenvalue weighted by Gasteiger charge is -1.98. The van der Waals surface area contributed by atoms with Crippen LogP contribution in [0.1, 0.15) is 17.4 Å². The lowest BCUT2D eigenvalue weighted by atomic mass is 10.1. The monoisotopic (exact) mass is 373 g/mol. The molecule has 1 heterocycles. The fourth-order valence-corrected chi connectivity index (χ4v) is 2.19. The van der Waals surface area contributed by atoms with Gasteiger partial charge in [-0.3, -0.25) is 0 Å². The van der Waals surface area contributed by atoms with Crippen molar-refractivity contribution in [3.8, 4) is 11.3 Å². The van der Waals surface area contributed by atoms with Crippen molar-refractivity contribution in [3.63, 3.8) is 0 Å². The van der Waals surface area contributed by atoms with Crippen molar-refractivity contribution in [2.45, 2.75) is 6.92 Å². The quantitative estimate of drug-likeness (QED) is 0.760. The molecule has 0 amide bonds. The van der Waals surface area contributed by atoms with Gasteiger partial charge in [0, 0.05) is 10.0 Å². The molecule has 6 heteroatoms. The number of aromatic nitrogens is 1. The molecular weight excluding hydrogens is 366 g/mol. The predicted molar refractivity (Wildman–Crippen MR) is 73.3 cm³/mol. The minimum atomic E-state index is -0.503. The summed E-state index contributed by atoms with van der Waals surface area (Å²) in [7, 11) is 0. The van der Waals surface area contributed by atoms with E-state index in [0.29, 0.717) is 16.8 Å². The van der Waals surface area contributed by atoms with Crippen LogP contribution in [-0.2, 0) is 4.74 Å². The third kappa shape index (κ3) is 2.64. The zero-order chi connectivity index (χ0) is 13.1. The summed E-state index contributed by atoms with van der Waals surface area (Å²) < 4.78 is 11.5. The fraction of sp³-hybridized carbons (Fsp3) is 0.167. The lowest BCUT2D eigenvalue weighted by Crippen LogP contribution is -2.05. The van der Waals surface area contributed by atoms with Gasteiger partial charge in [0.05, 0.1) is 6.61 Å². The van der Waals surface area contributed by atoms with Crippen LogP contribution in [0.4, 0.5) is 0 Å². The summed E-state index contributed by atoms with van der Waals surface area (Å²) in [6.45, 7) is 2.03. The first-order valence-corrected chi connectivity index (χ1v) is 6.80. The molecule has 0 fully saturated rings. The molecule has 1 aromatic heterocycles. The Morgan fingerprint density at radius 1 is 1.33 bits per heavy atom. The number of nitrogens with zero attached hydrogens (tertiary/aromatic N) is 1. The first kappa shape index (κ1) is 13.3. The standard InChI is InChI=1S/C12H9Br2NO3/c1-2-17-12(16)10-9(14)11(18-15-10)7-3-5-8(13)6-4-7/h3-6H,2H2,1H3. The van der Waals surface area contributed by atoms with Gasteiger partial charge in [-0.05, 0) is 47.1 Å². The van der Waals surface area contributed by atoms with Crippen LogP contribution < -0.4 is 0 Å². The van der Waals surface area contributed by atoms with Gasteiger partial charge in [-0.25, -0.2) is 4.79 Å². The number of benzene rings is 1. The zero-order valence-corrected chi connectivity index (χ0v) is 12.6. The molecule has 0 saturated carbocycles. The lowest BCUT2D eigenvalue weighted by molar-refractivity contribution is 0.0513. The highest BCUT2D eigenvalue weighted by Crippen LogP contribution is 2.32. The van der Waals surface area contributed by atoms with E-state index in [2.05, 4.69) is 37.0 Å². The Balaban J connectivity index is 2.36. The third-order valence-electron chi connectivity index (χ3n) is 2.21. The number of hydrogen-bond acceptors (Lipinski definition) is 4. The molecule has 2 aromatic rings.